The second-order valence-electron chi connectivity index (χ2n) is 4.99. The number of benzene rings is 1. The molecule has 0 radical (unpaired) electrons. The standard InChI is InChI=1S/C15H19FN2O/c1-11(2)18-8-7-13(17-18)9-12(10-19)14-5-3-4-6-15(14)16/h3-8,11-12,19H,9-10H2,1-2H3. The fraction of sp³-hybridized carbons (Fsp3) is 0.400. The Hall–Kier alpha value is -1.68. The molecule has 102 valence electrons. The van der Waals surface area contributed by atoms with Crippen LogP contribution in [-0.4, -0.2) is 21.5 Å². The molecule has 1 unspecified atom stereocenters. The van der Waals surface area contributed by atoms with Crippen LogP contribution in [0.3, 0.4) is 0 Å². The highest BCUT2D eigenvalue weighted by molar-refractivity contribution is 5.23. The van der Waals surface area contributed by atoms with Crippen molar-refractivity contribution in [1.29, 1.82) is 0 Å². The van der Waals surface area contributed by atoms with Crippen molar-refractivity contribution in [3.05, 3.63) is 53.6 Å². The van der Waals surface area contributed by atoms with Crippen LogP contribution in [0, 0.1) is 5.82 Å². The average Bonchev–Trinajstić information content (AvgIpc) is 2.86. The number of halogens is 1. The van der Waals surface area contributed by atoms with Crippen LogP contribution in [0.2, 0.25) is 0 Å². The van der Waals surface area contributed by atoms with E-state index in [2.05, 4.69) is 18.9 Å². The molecule has 1 aromatic heterocycles. The lowest BCUT2D eigenvalue weighted by Gasteiger charge is -2.14. The van der Waals surface area contributed by atoms with Gasteiger partial charge in [0.2, 0.25) is 0 Å². The van der Waals surface area contributed by atoms with E-state index in [4.69, 9.17) is 0 Å². The zero-order chi connectivity index (χ0) is 13.8. The van der Waals surface area contributed by atoms with Gasteiger partial charge >= 0.3 is 0 Å². The third-order valence-electron chi connectivity index (χ3n) is 3.21. The van der Waals surface area contributed by atoms with Gasteiger partial charge in [-0.2, -0.15) is 5.10 Å². The van der Waals surface area contributed by atoms with Crippen molar-refractivity contribution < 1.29 is 9.50 Å². The van der Waals surface area contributed by atoms with E-state index in [9.17, 15) is 9.50 Å². The van der Waals surface area contributed by atoms with E-state index < -0.39 is 0 Å². The van der Waals surface area contributed by atoms with Crippen LogP contribution >= 0.6 is 0 Å². The lowest BCUT2D eigenvalue weighted by atomic mass is 9.95. The third-order valence-corrected chi connectivity index (χ3v) is 3.21. The van der Waals surface area contributed by atoms with Crippen molar-refractivity contribution in [2.45, 2.75) is 32.2 Å². The summed E-state index contributed by atoms with van der Waals surface area (Å²) in [4.78, 5) is 0. The summed E-state index contributed by atoms with van der Waals surface area (Å²) in [5.41, 5.74) is 1.42. The molecule has 0 aliphatic carbocycles. The molecule has 1 atom stereocenters. The third kappa shape index (κ3) is 3.20. The Morgan fingerprint density at radius 1 is 1.26 bits per heavy atom. The van der Waals surface area contributed by atoms with Crippen LogP contribution < -0.4 is 0 Å². The van der Waals surface area contributed by atoms with E-state index in [0.29, 0.717) is 18.0 Å². The van der Waals surface area contributed by atoms with Crippen LogP contribution in [0.25, 0.3) is 0 Å². The largest absolute Gasteiger partial charge is 0.396 e. The first-order chi connectivity index (χ1) is 9.11. The minimum absolute atomic E-state index is 0.0878. The first-order valence-corrected chi connectivity index (χ1v) is 6.51. The zero-order valence-electron chi connectivity index (χ0n) is 11.3. The van der Waals surface area contributed by atoms with Crippen molar-refractivity contribution in [2.24, 2.45) is 0 Å². The summed E-state index contributed by atoms with van der Waals surface area (Å²) in [5, 5.41) is 13.9. The van der Waals surface area contributed by atoms with E-state index >= 15 is 0 Å². The molecule has 1 heterocycles. The normalized spacial score (nSPS) is 12.9. The van der Waals surface area contributed by atoms with Crippen LogP contribution in [0.5, 0.6) is 0 Å². The Morgan fingerprint density at radius 3 is 2.58 bits per heavy atom. The molecule has 2 aromatic rings. The molecular weight excluding hydrogens is 243 g/mol. The molecular formula is C15H19FN2O. The number of hydrogen-bond acceptors (Lipinski definition) is 2. The highest BCUT2D eigenvalue weighted by Crippen LogP contribution is 2.22. The van der Waals surface area contributed by atoms with Crippen LogP contribution in [0.1, 0.15) is 37.1 Å². The van der Waals surface area contributed by atoms with E-state index in [1.54, 1.807) is 18.2 Å². The van der Waals surface area contributed by atoms with E-state index in [1.807, 2.05) is 16.9 Å². The van der Waals surface area contributed by atoms with Gasteiger partial charge in [-0.25, -0.2) is 4.39 Å². The van der Waals surface area contributed by atoms with E-state index in [-0.39, 0.29) is 18.3 Å². The molecule has 0 fully saturated rings. The average molecular weight is 262 g/mol. The van der Waals surface area contributed by atoms with Gasteiger partial charge < -0.3 is 5.11 Å². The molecule has 19 heavy (non-hydrogen) atoms. The van der Waals surface area contributed by atoms with Crippen molar-refractivity contribution in [3.8, 4) is 0 Å². The summed E-state index contributed by atoms with van der Waals surface area (Å²) in [6.07, 6.45) is 2.45. The van der Waals surface area contributed by atoms with E-state index in [0.717, 1.165) is 5.69 Å². The first-order valence-electron chi connectivity index (χ1n) is 6.51. The van der Waals surface area contributed by atoms with Crippen molar-refractivity contribution in [2.75, 3.05) is 6.61 Å². The number of nitrogens with zero attached hydrogens (tertiary/aromatic N) is 2. The monoisotopic (exact) mass is 262 g/mol. The van der Waals surface area contributed by atoms with Gasteiger partial charge in [0.05, 0.1) is 12.3 Å². The summed E-state index contributed by atoms with van der Waals surface area (Å²) < 4.78 is 15.6. The number of aromatic nitrogens is 2. The van der Waals surface area contributed by atoms with Gasteiger partial charge in [0.15, 0.2) is 0 Å². The summed E-state index contributed by atoms with van der Waals surface area (Å²) in [7, 11) is 0. The van der Waals surface area contributed by atoms with Crippen molar-refractivity contribution >= 4 is 0 Å². The number of hydrogen-bond donors (Lipinski definition) is 1. The molecule has 0 bridgehead atoms. The minimum atomic E-state index is -0.273. The van der Waals surface area contributed by atoms with Gasteiger partial charge in [-0.05, 0) is 31.5 Å². The maximum Gasteiger partial charge on any atom is 0.126 e. The predicted molar refractivity (Wildman–Crippen MR) is 72.5 cm³/mol. The molecule has 3 nitrogen and oxygen atoms in total. The maximum absolute atomic E-state index is 13.7. The first kappa shape index (κ1) is 13.7. The van der Waals surface area contributed by atoms with Gasteiger partial charge in [-0.15, -0.1) is 0 Å². The number of rotatable bonds is 5. The summed E-state index contributed by atoms with van der Waals surface area (Å²) in [6.45, 7) is 4.02. The number of aliphatic hydroxyl groups is 1. The zero-order valence-corrected chi connectivity index (χ0v) is 11.3. The lowest BCUT2D eigenvalue weighted by Crippen LogP contribution is -2.11. The molecule has 0 amide bonds. The fourth-order valence-corrected chi connectivity index (χ4v) is 2.11. The van der Waals surface area contributed by atoms with Crippen molar-refractivity contribution in [3.63, 3.8) is 0 Å². The topological polar surface area (TPSA) is 38.0 Å². The van der Waals surface area contributed by atoms with Crippen molar-refractivity contribution in [1.82, 2.24) is 9.78 Å². The van der Waals surface area contributed by atoms with Gasteiger partial charge in [-0.1, -0.05) is 18.2 Å². The maximum atomic E-state index is 13.7. The Labute approximate surface area is 112 Å². The second-order valence-corrected chi connectivity index (χ2v) is 4.99. The molecule has 1 aromatic carbocycles. The molecule has 4 heteroatoms. The summed E-state index contributed by atoms with van der Waals surface area (Å²) in [6, 6.07) is 8.80. The number of aliphatic hydroxyl groups excluding tert-OH is 1. The molecule has 0 aliphatic rings. The molecule has 1 N–H and O–H groups in total. The predicted octanol–water partition coefficient (Wildman–Crippen LogP) is 2.92. The Morgan fingerprint density at radius 2 is 2.00 bits per heavy atom. The highest BCUT2D eigenvalue weighted by atomic mass is 19.1. The van der Waals surface area contributed by atoms with Gasteiger partial charge in [0.25, 0.3) is 0 Å². The van der Waals surface area contributed by atoms with Crippen LogP contribution in [-0.2, 0) is 6.42 Å². The Kier molecular flexibility index (Phi) is 4.32. The van der Waals surface area contributed by atoms with E-state index in [1.165, 1.54) is 6.07 Å². The van der Waals surface area contributed by atoms with Gasteiger partial charge in [0.1, 0.15) is 5.82 Å². The molecule has 0 spiro atoms. The van der Waals surface area contributed by atoms with Crippen LogP contribution in [0.15, 0.2) is 36.5 Å². The lowest BCUT2D eigenvalue weighted by molar-refractivity contribution is 0.261. The molecule has 2 rings (SSSR count). The highest BCUT2D eigenvalue weighted by Gasteiger charge is 2.16. The summed E-state index contributed by atoms with van der Waals surface area (Å²) >= 11 is 0. The quantitative estimate of drug-likeness (QED) is 0.899. The van der Waals surface area contributed by atoms with Crippen LogP contribution in [0.4, 0.5) is 4.39 Å². The Bertz CT molecular complexity index is 536. The molecule has 0 aliphatic heterocycles. The summed E-state index contributed by atoms with van der Waals surface area (Å²) in [5.74, 6) is -0.526. The Balaban J connectivity index is 2.17. The second kappa shape index (κ2) is 5.97. The fourth-order valence-electron chi connectivity index (χ4n) is 2.11. The smallest absolute Gasteiger partial charge is 0.126 e. The van der Waals surface area contributed by atoms with Gasteiger partial charge in [0, 0.05) is 24.6 Å². The minimum Gasteiger partial charge on any atom is -0.396 e. The SMILES string of the molecule is CC(C)n1ccc(CC(CO)c2ccccc2F)n1. The molecule has 0 saturated heterocycles. The molecule has 0 saturated carbocycles. The van der Waals surface area contributed by atoms with Gasteiger partial charge in [-0.3, -0.25) is 4.68 Å².